The molecule has 0 aliphatic carbocycles. The lowest BCUT2D eigenvalue weighted by molar-refractivity contribution is 0.0202. The van der Waals surface area contributed by atoms with Crippen molar-refractivity contribution in [1.82, 2.24) is 0 Å². The summed E-state index contributed by atoms with van der Waals surface area (Å²) in [6.45, 7) is 1.41. The van der Waals surface area contributed by atoms with Crippen molar-refractivity contribution < 1.29 is 34.7 Å². The maximum Gasteiger partial charge on any atom is 0.202 e. The van der Waals surface area contributed by atoms with E-state index in [2.05, 4.69) is 0 Å². The predicted molar refractivity (Wildman–Crippen MR) is 95.1 cm³/mol. The molecular weight excluding hydrogens is 352 g/mol. The van der Waals surface area contributed by atoms with E-state index in [9.17, 15) is 25.2 Å². The fraction of sp³-hybridized carbons (Fsp3) is 0.250. The van der Waals surface area contributed by atoms with Gasteiger partial charge in [-0.3, -0.25) is 4.79 Å². The van der Waals surface area contributed by atoms with Gasteiger partial charge in [-0.1, -0.05) is 12.1 Å². The largest absolute Gasteiger partial charge is 0.508 e. The molecule has 3 atom stereocenters. The van der Waals surface area contributed by atoms with E-state index in [1.807, 2.05) is 0 Å². The first-order chi connectivity index (χ1) is 12.8. The quantitative estimate of drug-likeness (QED) is 0.638. The van der Waals surface area contributed by atoms with Crippen molar-refractivity contribution in [2.24, 2.45) is 0 Å². The minimum atomic E-state index is -1.51. The topological polar surface area (TPSA) is 116 Å². The number of Topliss-reactive ketones (excluding diaryl/α,β-unsaturated/α-hetero) is 1. The molecule has 0 radical (unpaired) electrons. The third-order valence-corrected chi connectivity index (χ3v) is 4.79. The third-order valence-electron chi connectivity index (χ3n) is 4.79. The summed E-state index contributed by atoms with van der Waals surface area (Å²) in [5, 5.41) is 39.7. The fourth-order valence-electron chi connectivity index (χ4n) is 3.26. The minimum Gasteiger partial charge on any atom is -0.508 e. The Morgan fingerprint density at radius 2 is 1.89 bits per heavy atom. The number of hydrogen-bond donors (Lipinski definition) is 4. The lowest BCUT2D eigenvalue weighted by atomic mass is 9.89. The number of phenols is 2. The molecule has 0 amide bonds. The molecule has 0 saturated heterocycles. The van der Waals surface area contributed by atoms with E-state index in [0.29, 0.717) is 11.1 Å². The zero-order valence-corrected chi connectivity index (χ0v) is 14.4. The summed E-state index contributed by atoms with van der Waals surface area (Å²) < 4.78 is 11.7. The summed E-state index contributed by atoms with van der Waals surface area (Å²) in [6.07, 6.45) is 0.783. The molecule has 2 aliphatic heterocycles. The van der Waals surface area contributed by atoms with E-state index >= 15 is 0 Å². The van der Waals surface area contributed by atoms with Crippen molar-refractivity contribution in [2.75, 3.05) is 6.61 Å². The summed E-state index contributed by atoms with van der Waals surface area (Å²) in [7, 11) is 0. The Bertz CT molecular complexity index is 948. The van der Waals surface area contributed by atoms with Gasteiger partial charge in [0, 0.05) is 6.07 Å². The Kier molecular flexibility index (Phi) is 3.87. The second-order valence-electron chi connectivity index (χ2n) is 6.86. The van der Waals surface area contributed by atoms with E-state index in [-0.39, 0.29) is 35.2 Å². The molecule has 0 saturated carbocycles. The number of aromatic hydroxyl groups is 2. The van der Waals surface area contributed by atoms with Gasteiger partial charge in [-0.25, -0.2) is 0 Å². The third kappa shape index (κ3) is 2.72. The average molecular weight is 370 g/mol. The molecule has 4 N–H and O–H groups in total. The predicted octanol–water partition coefficient (Wildman–Crippen LogP) is 1.93. The van der Waals surface area contributed by atoms with Gasteiger partial charge in [0.05, 0.1) is 12.2 Å². The van der Waals surface area contributed by atoms with Crippen LogP contribution >= 0.6 is 0 Å². The maximum atomic E-state index is 12.7. The van der Waals surface area contributed by atoms with Crippen molar-refractivity contribution >= 4 is 11.9 Å². The van der Waals surface area contributed by atoms with Gasteiger partial charge >= 0.3 is 0 Å². The van der Waals surface area contributed by atoms with Crippen LogP contribution in [0.5, 0.6) is 23.0 Å². The Morgan fingerprint density at radius 3 is 2.56 bits per heavy atom. The summed E-state index contributed by atoms with van der Waals surface area (Å²) >= 11 is 0. The van der Waals surface area contributed by atoms with Crippen LogP contribution in [0.4, 0.5) is 0 Å². The molecule has 0 spiro atoms. The molecule has 7 heteroatoms. The highest BCUT2D eigenvalue weighted by molar-refractivity contribution is 6.07. The fourth-order valence-corrected chi connectivity index (χ4v) is 3.26. The Hall–Kier alpha value is -3.03. The highest BCUT2D eigenvalue weighted by atomic mass is 16.5. The number of aliphatic hydroxyl groups is 2. The van der Waals surface area contributed by atoms with Crippen molar-refractivity contribution in [1.29, 1.82) is 0 Å². The molecule has 1 unspecified atom stereocenters. The number of hydrogen-bond acceptors (Lipinski definition) is 7. The summed E-state index contributed by atoms with van der Waals surface area (Å²) in [6, 6.07) is 7.23. The standard InChI is InChI=1S/C20H18O7/c1-20(9-21)7-6-12-14(27-20)8-13(23)15-16(24)17(25)18(26-19(12)15)10-2-4-11(22)5-3-10/h2-8,17-18,21-23,25H,9H2,1H3/t17-,18+,20?/m0/s1. The summed E-state index contributed by atoms with van der Waals surface area (Å²) in [4.78, 5) is 12.7. The Morgan fingerprint density at radius 1 is 1.19 bits per heavy atom. The Balaban J connectivity index is 1.84. The minimum absolute atomic E-state index is 0.0467. The van der Waals surface area contributed by atoms with Crippen molar-refractivity contribution in [3.63, 3.8) is 0 Å². The highest BCUT2D eigenvalue weighted by Gasteiger charge is 2.42. The van der Waals surface area contributed by atoms with Crippen LogP contribution < -0.4 is 9.47 Å². The molecule has 2 aliphatic rings. The molecule has 4 rings (SSSR count). The zero-order chi connectivity index (χ0) is 19.3. The molecule has 27 heavy (non-hydrogen) atoms. The second-order valence-corrected chi connectivity index (χ2v) is 6.86. The van der Waals surface area contributed by atoms with Crippen molar-refractivity contribution in [2.45, 2.75) is 24.7 Å². The van der Waals surface area contributed by atoms with Crippen LogP contribution in [0.2, 0.25) is 0 Å². The molecule has 2 aromatic carbocycles. The number of ketones is 1. The van der Waals surface area contributed by atoms with Gasteiger partial charge in [-0.05, 0) is 36.8 Å². The van der Waals surface area contributed by atoms with Gasteiger partial charge in [-0.2, -0.15) is 0 Å². The first kappa shape index (κ1) is 17.4. The number of phenolic OH excluding ortho intramolecular Hbond substituents is 2. The van der Waals surface area contributed by atoms with Gasteiger partial charge < -0.3 is 29.9 Å². The molecule has 140 valence electrons. The molecule has 2 aromatic rings. The van der Waals surface area contributed by atoms with E-state index < -0.39 is 23.6 Å². The first-order valence-electron chi connectivity index (χ1n) is 8.40. The van der Waals surface area contributed by atoms with Crippen LogP contribution in [0.25, 0.3) is 6.08 Å². The van der Waals surface area contributed by atoms with Crippen molar-refractivity contribution in [3.8, 4) is 23.0 Å². The molecule has 0 fully saturated rings. The van der Waals surface area contributed by atoms with Crippen LogP contribution in [0.15, 0.2) is 36.4 Å². The maximum absolute atomic E-state index is 12.7. The van der Waals surface area contributed by atoms with E-state index in [1.54, 1.807) is 31.2 Å². The Labute approximate surface area is 154 Å². The van der Waals surface area contributed by atoms with Gasteiger partial charge in [0.15, 0.2) is 12.2 Å². The number of ether oxygens (including phenoxy) is 2. The number of benzene rings is 2. The molecule has 0 bridgehead atoms. The second kappa shape index (κ2) is 6.00. The SMILES string of the molecule is CC1(CO)C=Cc2c(cc(O)c3c2O[C@H](c2ccc(O)cc2)[C@@H](O)C3=O)O1. The first-order valence-corrected chi connectivity index (χ1v) is 8.40. The van der Waals surface area contributed by atoms with Gasteiger partial charge in [0.1, 0.15) is 34.2 Å². The number of carbonyl (C=O) groups is 1. The molecule has 2 heterocycles. The highest BCUT2D eigenvalue weighted by Crippen LogP contribution is 2.48. The van der Waals surface area contributed by atoms with Crippen molar-refractivity contribution in [3.05, 3.63) is 53.1 Å². The van der Waals surface area contributed by atoms with E-state index in [1.165, 1.54) is 18.2 Å². The lowest BCUT2D eigenvalue weighted by Crippen LogP contribution is -2.38. The molecule has 0 aromatic heterocycles. The zero-order valence-electron chi connectivity index (χ0n) is 14.4. The number of aliphatic hydroxyl groups excluding tert-OH is 2. The molecule has 7 nitrogen and oxygen atoms in total. The number of fused-ring (bicyclic) bond motifs is 3. The average Bonchev–Trinajstić information content (AvgIpc) is 2.64. The van der Waals surface area contributed by atoms with Crippen LogP contribution in [0.3, 0.4) is 0 Å². The van der Waals surface area contributed by atoms with E-state index in [4.69, 9.17) is 9.47 Å². The number of rotatable bonds is 2. The van der Waals surface area contributed by atoms with E-state index in [0.717, 1.165) is 0 Å². The smallest absolute Gasteiger partial charge is 0.202 e. The lowest BCUT2D eigenvalue weighted by Gasteiger charge is -2.35. The van der Waals surface area contributed by atoms with Gasteiger partial charge in [-0.15, -0.1) is 0 Å². The summed E-state index contributed by atoms with van der Waals surface area (Å²) in [5.41, 5.74) is -0.130. The monoisotopic (exact) mass is 370 g/mol. The van der Waals surface area contributed by atoms with Gasteiger partial charge in [0.2, 0.25) is 5.78 Å². The normalized spacial score (nSPS) is 26.0. The van der Waals surface area contributed by atoms with Gasteiger partial charge in [0.25, 0.3) is 0 Å². The number of carbonyl (C=O) groups excluding carboxylic acids is 1. The van der Waals surface area contributed by atoms with Crippen LogP contribution in [-0.4, -0.2) is 44.5 Å². The van der Waals surface area contributed by atoms with Crippen LogP contribution in [0.1, 0.15) is 34.5 Å². The van der Waals surface area contributed by atoms with Crippen LogP contribution in [-0.2, 0) is 0 Å². The van der Waals surface area contributed by atoms with Crippen LogP contribution in [0, 0.1) is 0 Å². The summed E-state index contributed by atoms with van der Waals surface area (Å²) in [5.74, 6) is -0.620. The molecular formula is C20H18O7.